The number of aryl methyl sites for hydroxylation is 2. The number of rotatable bonds is 3. The maximum absolute atomic E-state index is 12.7. The summed E-state index contributed by atoms with van der Waals surface area (Å²) in [5.74, 6) is -0.368. The van der Waals surface area contributed by atoms with Crippen LogP contribution in [0.15, 0.2) is 79.1 Å². The van der Waals surface area contributed by atoms with Gasteiger partial charge in [0, 0.05) is 17.7 Å². The Morgan fingerprint density at radius 1 is 0.657 bits per heavy atom. The third kappa shape index (κ3) is 3.80. The highest BCUT2D eigenvalue weighted by Gasteiger charge is 2.22. The highest BCUT2D eigenvalue weighted by atomic mass is 16.4. The van der Waals surface area contributed by atoms with Crippen LogP contribution in [-0.2, 0) is 0 Å². The van der Waals surface area contributed by atoms with Crippen LogP contribution >= 0.6 is 0 Å². The van der Waals surface area contributed by atoms with Crippen molar-refractivity contribution in [2.45, 2.75) is 13.8 Å². The van der Waals surface area contributed by atoms with Gasteiger partial charge in [-0.1, -0.05) is 30.3 Å². The molecule has 0 aliphatic carbocycles. The SMILES string of the molecule is Cc1cc(O)c(-c2cc(-c3c(O)ccc4ccccc34)cc(-c3c(O)cc(C)oc3=O)n2)c(=O)o1. The molecule has 35 heavy (non-hydrogen) atoms. The standard InChI is InChI=1S/C27H19NO7/c1-13-9-21(30)24(26(32)34-13)18-11-16(23-17-6-4-3-5-15(17)7-8-20(23)29)12-19(28-18)25-22(31)10-14(2)35-27(25)33/h3-12,29-31H,1-2H3. The molecular weight excluding hydrogens is 450 g/mol. The highest BCUT2D eigenvalue weighted by molar-refractivity contribution is 6.00. The van der Waals surface area contributed by atoms with Gasteiger partial charge in [0.25, 0.3) is 0 Å². The van der Waals surface area contributed by atoms with Gasteiger partial charge in [0.2, 0.25) is 0 Å². The summed E-state index contributed by atoms with van der Waals surface area (Å²) in [6, 6.07) is 16.2. The van der Waals surface area contributed by atoms with Crippen LogP contribution in [0.3, 0.4) is 0 Å². The maximum Gasteiger partial charge on any atom is 0.349 e. The Kier molecular flexibility index (Phi) is 5.13. The third-order valence-corrected chi connectivity index (χ3v) is 5.64. The molecule has 3 heterocycles. The minimum Gasteiger partial charge on any atom is -0.507 e. The zero-order chi connectivity index (χ0) is 24.9. The van der Waals surface area contributed by atoms with Crippen LogP contribution in [0, 0.1) is 13.8 Å². The molecule has 0 spiro atoms. The van der Waals surface area contributed by atoms with Crippen molar-refractivity contribution in [3.05, 3.63) is 93.0 Å². The Labute approximate surface area is 198 Å². The van der Waals surface area contributed by atoms with E-state index in [9.17, 15) is 24.9 Å². The second-order valence-electron chi connectivity index (χ2n) is 8.12. The Hall–Kier alpha value is -4.85. The van der Waals surface area contributed by atoms with Crippen LogP contribution in [0.25, 0.3) is 44.4 Å². The predicted molar refractivity (Wildman–Crippen MR) is 130 cm³/mol. The quantitative estimate of drug-likeness (QED) is 0.341. The van der Waals surface area contributed by atoms with E-state index in [0.717, 1.165) is 5.39 Å². The van der Waals surface area contributed by atoms with E-state index in [1.54, 1.807) is 6.07 Å². The minimum atomic E-state index is -0.833. The second kappa shape index (κ2) is 8.18. The summed E-state index contributed by atoms with van der Waals surface area (Å²) in [6.45, 7) is 3.04. The zero-order valence-corrected chi connectivity index (χ0v) is 18.7. The summed E-state index contributed by atoms with van der Waals surface area (Å²) >= 11 is 0. The Balaban J connectivity index is 1.90. The van der Waals surface area contributed by atoms with Gasteiger partial charge in [-0.25, -0.2) is 14.6 Å². The molecule has 0 atom stereocenters. The minimum absolute atomic E-state index is 0.0181. The van der Waals surface area contributed by atoms with Crippen LogP contribution in [0.5, 0.6) is 17.2 Å². The molecule has 5 rings (SSSR count). The van der Waals surface area contributed by atoms with E-state index in [-0.39, 0.29) is 51.3 Å². The number of hydrogen-bond acceptors (Lipinski definition) is 8. The Morgan fingerprint density at radius 3 is 1.74 bits per heavy atom. The molecule has 0 bridgehead atoms. The van der Waals surface area contributed by atoms with Gasteiger partial charge in [0.1, 0.15) is 39.9 Å². The summed E-state index contributed by atoms with van der Waals surface area (Å²) in [6.07, 6.45) is 0. The van der Waals surface area contributed by atoms with Crippen molar-refractivity contribution in [1.29, 1.82) is 0 Å². The van der Waals surface area contributed by atoms with Gasteiger partial charge in [0.05, 0.1) is 11.4 Å². The first-order valence-electron chi connectivity index (χ1n) is 10.6. The van der Waals surface area contributed by atoms with E-state index in [4.69, 9.17) is 8.83 Å². The lowest BCUT2D eigenvalue weighted by atomic mass is 9.95. The predicted octanol–water partition coefficient (Wildman–Crippen LogP) is 4.88. The molecule has 3 N–H and O–H groups in total. The number of aromatic hydroxyl groups is 3. The molecule has 174 valence electrons. The van der Waals surface area contributed by atoms with E-state index >= 15 is 0 Å². The monoisotopic (exact) mass is 469 g/mol. The number of aromatic nitrogens is 1. The largest absolute Gasteiger partial charge is 0.507 e. The Bertz CT molecular complexity index is 1660. The lowest BCUT2D eigenvalue weighted by Crippen LogP contribution is -2.08. The van der Waals surface area contributed by atoms with Crippen LogP contribution in [0.4, 0.5) is 0 Å². The molecule has 0 saturated carbocycles. The molecular formula is C27H19NO7. The molecule has 0 aliphatic heterocycles. The number of fused-ring (bicyclic) bond motifs is 1. The van der Waals surface area contributed by atoms with Crippen molar-refractivity contribution in [1.82, 2.24) is 4.98 Å². The molecule has 8 heteroatoms. The number of nitrogens with zero attached hydrogens (tertiary/aromatic N) is 1. The van der Waals surface area contributed by atoms with Crippen molar-refractivity contribution in [3.63, 3.8) is 0 Å². The molecule has 2 aromatic carbocycles. The molecule has 0 unspecified atom stereocenters. The van der Waals surface area contributed by atoms with Crippen molar-refractivity contribution in [3.8, 4) is 50.9 Å². The number of phenols is 1. The van der Waals surface area contributed by atoms with Gasteiger partial charge in [-0.3, -0.25) is 0 Å². The lowest BCUT2D eigenvalue weighted by Gasteiger charge is -2.14. The second-order valence-corrected chi connectivity index (χ2v) is 8.12. The van der Waals surface area contributed by atoms with Crippen LogP contribution < -0.4 is 11.3 Å². The van der Waals surface area contributed by atoms with Gasteiger partial charge in [-0.15, -0.1) is 0 Å². The van der Waals surface area contributed by atoms with E-state index in [1.165, 1.54) is 44.2 Å². The number of benzene rings is 2. The lowest BCUT2D eigenvalue weighted by molar-refractivity contribution is 0.438. The molecule has 0 amide bonds. The van der Waals surface area contributed by atoms with Crippen LogP contribution in [0.2, 0.25) is 0 Å². The van der Waals surface area contributed by atoms with E-state index < -0.39 is 11.3 Å². The molecule has 0 aliphatic rings. The fourth-order valence-corrected chi connectivity index (χ4v) is 4.16. The molecule has 0 radical (unpaired) electrons. The summed E-state index contributed by atoms with van der Waals surface area (Å²) in [4.78, 5) is 29.7. The van der Waals surface area contributed by atoms with Gasteiger partial charge in [-0.2, -0.15) is 0 Å². The number of hydrogen-bond donors (Lipinski definition) is 3. The third-order valence-electron chi connectivity index (χ3n) is 5.64. The van der Waals surface area contributed by atoms with Crippen molar-refractivity contribution in [2.75, 3.05) is 0 Å². The molecule has 8 nitrogen and oxygen atoms in total. The van der Waals surface area contributed by atoms with Gasteiger partial charge in [-0.05, 0) is 48.4 Å². The first-order chi connectivity index (χ1) is 16.7. The number of pyridine rings is 1. The molecule has 0 saturated heterocycles. The first-order valence-corrected chi connectivity index (χ1v) is 10.6. The fraction of sp³-hybridized carbons (Fsp3) is 0.0741. The van der Waals surface area contributed by atoms with E-state index in [2.05, 4.69) is 4.98 Å². The first kappa shape index (κ1) is 22.0. The van der Waals surface area contributed by atoms with E-state index in [1.807, 2.05) is 24.3 Å². The van der Waals surface area contributed by atoms with Crippen molar-refractivity contribution < 1.29 is 24.2 Å². The molecule has 5 aromatic rings. The zero-order valence-electron chi connectivity index (χ0n) is 18.7. The summed E-state index contributed by atoms with van der Waals surface area (Å²) in [5.41, 5.74) is -1.35. The van der Waals surface area contributed by atoms with Crippen molar-refractivity contribution >= 4 is 10.8 Å². The molecule has 0 fully saturated rings. The Morgan fingerprint density at radius 2 is 1.20 bits per heavy atom. The van der Waals surface area contributed by atoms with Gasteiger partial charge < -0.3 is 24.2 Å². The fourth-order valence-electron chi connectivity index (χ4n) is 4.16. The van der Waals surface area contributed by atoms with Gasteiger partial charge in [0.15, 0.2) is 0 Å². The summed E-state index contributed by atoms with van der Waals surface area (Å²) in [7, 11) is 0. The smallest absolute Gasteiger partial charge is 0.349 e. The molecule has 3 aromatic heterocycles. The van der Waals surface area contributed by atoms with Gasteiger partial charge >= 0.3 is 11.3 Å². The maximum atomic E-state index is 12.7. The number of phenolic OH excluding ortho intramolecular Hbond substituents is 1. The van der Waals surface area contributed by atoms with E-state index in [0.29, 0.717) is 16.5 Å². The average molecular weight is 469 g/mol. The summed E-state index contributed by atoms with van der Waals surface area (Å²) < 4.78 is 10.3. The normalized spacial score (nSPS) is 11.1. The topological polar surface area (TPSA) is 134 Å². The van der Waals surface area contributed by atoms with Crippen LogP contribution in [-0.4, -0.2) is 20.3 Å². The van der Waals surface area contributed by atoms with Crippen LogP contribution in [0.1, 0.15) is 11.5 Å². The highest BCUT2D eigenvalue weighted by Crippen LogP contribution is 2.40. The van der Waals surface area contributed by atoms with Crippen molar-refractivity contribution in [2.24, 2.45) is 0 Å². The summed E-state index contributed by atoms with van der Waals surface area (Å²) in [5, 5.41) is 33.4. The average Bonchev–Trinajstić information content (AvgIpc) is 2.77.